The van der Waals surface area contributed by atoms with E-state index in [0.29, 0.717) is 21.3 Å². The third-order valence-electron chi connectivity index (χ3n) is 2.89. The highest BCUT2D eigenvalue weighted by molar-refractivity contribution is 9.11. The second kappa shape index (κ2) is 6.62. The van der Waals surface area contributed by atoms with Crippen molar-refractivity contribution in [3.05, 3.63) is 44.1 Å². The molecule has 0 amide bonds. The molecule has 2 rings (SSSR count). The van der Waals surface area contributed by atoms with E-state index in [2.05, 4.69) is 37.0 Å². The molecule has 0 radical (unpaired) electrons. The van der Waals surface area contributed by atoms with Gasteiger partial charge in [-0.1, -0.05) is 0 Å². The van der Waals surface area contributed by atoms with Gasteiger partial charge in [-0.2, -0.15) is 5.10 Å². The standard InChI is InChI=1S/C14H14Br2N2O3/c1-3-18-10(4-8(2)17-18)7-21-13-11(15)5-9(14(19)20)6-12(13)16/h4-6H,3,7H2,1-2H3,(H,19,20). The van der Waals surface area contributed by atoms with E-state index in [0.717, 1.165) is 17.9 Å². The quantitative estimate of drug-likeness (QED) is 0.797. The molecule has 0 atom stereocenters. The lowest BCUT2D eigenvalue weighted by atomic mass is 10.2. The number of rotatable bonds is 5. The molecular weight excluding hydrogens is 404 g/mol. The number of aromatic nitrogens is 2. The summed E-state index contributed by atoms with van der Waals surface area (Å²) in [6.07, 6.45) is 0. The Morgan fingerprint density at radius 2 is 1.95 bits per heavy atom. The van der Waals surface area contributed by atoms with Gasteiger partial charge in [-0.3, -0.25) is 4.68 Å². The van der Waals surface area contributed by atoms with Crippen LogP contribution in [0.5, 0.6) is 5.75 Å². The van der Waals surface area contributed by atoms with Crippen LogP contribution in [0.15, 0.2) is 27.1 Å². The van der Waals surface area contributed by atoms with E-state index in [1.807, 2.05) is 24.6 Å². The number of hydrogen-bond donors (Lipinski definition) is 1. The minimum Gasteiger partial charge on any atom is -0.485 e. The number of benzene rings is 1. The fraction of sp³-hybridized carbons (Fsp3) is 0.286. The second-order valence-corrected chi connectivity index (χ2v) is 6.16. The molecule has 0 aliphatic heterocycles. The summed E-state index contributed by atoms with van der Waals surface area (Å²) in [6.45, 7) is 5.08. The van der Waals surface area contributed by atoms with E-state index in [1.165, 1.54) is 12.1 Å². The average Bonchev–Trinajstić information content (AvgIpc) is 2.77. The number of aromatic carboxylic acids is 1. The first-order valence-electron chi connectivity index (χ1n) is 6.30. The Morgan fingerprint density at radius 1 is 1.33 bits per heavy atom. The molecule has 1 aromatic heterocycles. The first-order valence-corrected chi connectivity index (χ1v) is 7.89. The van der Waals surface area contributed by atoms with Crippen molar-refractivity contribution < 1.29 is 14.6 Å². The number of hydrogen-bond acceptors (Lipinski definition) is 3. The third-order valence-corrected chi connectivity index (χ3v) is 4.07. The Morgan fingerprint density at radius 3 is 2.48 bits per heavy atom. The maximum atomic E-state index is 11.0. The summed E-state index contributed by atoms with van der Waals surface area (Å²) in [6, 6.07) is 5.01. The largest absolute Gasteiger partial charge is 0.485 e. The predicted molar refractivity (Wildman–Crippen MR) is 85.8 cm³/mol. The topological polar surface area (TPSA) is 64.4 Å². The smallest absolute Gasteiger partial charge is 0.335 e. The van der Waals surface area contributed by atoms with Crippen LogP contribution in [0.2, 0.25) is 0 Å². The summed E-state index contributed by atoms with van der Waals surface area (Å²) >= 11 is 6.68. The normalized spacial score (nSPS) is 10.7. The van der Waals surface area contributed by atoms with Crippen molar-refractivity contribution in [3.8, 4) is 5.75 Å². The van der Waals surface area contributed by atoms with Crippen LogP contribution in [0.25, 0.3) is 0 Å². The molecular formula is C14H14Br2N2O3. The molecule has 1 aromatic carbocycles. The Hall–Kier alpha value is -1.34. The van der Waals surface area contributed by atoms with E-state index < -0.39 is 5.97 Å². The summed E-state index contributed by atoms with van der Waals surface area (Å²) < 4.78 is 8.86. The molecule has 0 unspecified atom stereocenters. The van der Waals surface area contributed by atoms with Crippen molar-refractivity contribution >= 4 is 37.8 Å². The van der Waals surface area contributed by atoms with E-state index in [1.54, 1.807) is 0 Å². The molecule has 0 saturated carbocycles. The van der Waals surface area contributed by atoms with E-state index in [-0.39, 0.29) is 5.56 Å². The molecule has 1 N–H and O–H groups in total. The highest BCUT2D eigenvalue weighted by Crippen LogP contribution is 2.35. The average molecular weight is 418 g/mol. The van der Waals surface area contributed by atoms with Gasteiger partial charge in [-0.15, -0.1) is 0 Å². The fourth-order valence-electron chi connectivity index (χ4n) is 1.96. The number of aryl methyl sites for hydroxylation is 2. The van der Waals surface area contributed by atoms with Gasteiger partial charge in [0.1, 0.15) is 12.4 Å². The maximum absolute atomic E-state index is 11.0. The van der Waals surface area contributed by atoms with Crippen LogP contribution >= 0.6 is 31.9 Å². The summed E-state index contributed by atoms with van der Waals surface area (Å²) in [7, 11) is 0. The maximum Gasteiger partial charge on any atom is 0.335 e. The Bertz CT molecular complexity index is 660. The van der Waals surface area contributed by atoms with Gasteiger partial charge in [0.05, 0.1) is 25.9 Å². The molecule has 7 heteroatoms. The van der Waals surface area contributed by atoms with Crippen molar-refractivity contribution in [1.82, 2.24) is 9.78 Å². The van der Waals surface area contributed by atoms with Gasteiger partial charge in [-0.05, 0) is 63.9 Å². The minimum absolute atomic E-state index is 0.190. The van der Waals surface area contributed by atoms with Crippen LogP contribution in [-0.2, 0) is 13.2 Å². The molecule has 1 heterocycles. The van der Waals surface area contributed by atoms with Crippen molar-refractivity contribution in [2.45, 2.75) is 27.0 Å². The van der Waals surface area contributed by atoms with Crippen LogP contribution in [-0.4, -0.2) is 20.9 Å². The number of carboxylic acids is 1. The van der Waals surface area contributed by atoms with Gasteiger partial charge in [0.2, 0.25) is 0 Å². The number of carbonyl (C=O) groups is 1. The van der Waals surface area contributed by atoms with Crippen molar-refractivity contribution in [2.24, 2.45) is 0 Å². The van der Waals surface area contributed by atoms with Crippen LogP contribution in [0, 0.1) is 6.92 Å². The molecule has 0 aliphatic carbocycles. The Kier molecular flexibility index (Phi) is 5.05. The zero-order valence-electron chi connectivity index (χ0n) is 11.6. The third kappa shape index (κ3) is 3.65. The van der Waals surface area contributed by atoms with Crippen LogP contribution in [0.3, 0.4) is 0 Å². The van der Waals surface area contributed by atoms with Crippen LogP contribution in [0.1, 0.15) is 28.7 Å². The summed E-state index contributed by atoms with van der Waals surface area (Å²) in [5, 5.41) is 13.4. The summed E-state index contributed by atoms with van der Waals surface area (Å²) in [5.41, 5.74) is 2.10. The van der Waals surface area contributed by atoms with Gasteiger partial charge in [0, 0.05) is 6.54 Å². The lowest BCUT2D eigenvalue weighted by molar-refractivity contribution is 0.0696. The van der Waals surface area contributed by atoms with Crippen LogP contribution in [0.4, 0.5) is 0 Å². The number of carboxylic acid groups (broad SMARTS) is 1. The van der Waals surface area contributed by atoms with Crippen molar-refractivity contribution in [3.63, 3.8) is 0 Å². The molecule has 2 aromatic rings. The molecule has 5 nitrogen and oxygen atoms in total. The fourth-order valence-corrected chi connectivity index (χ4v) is 3.37. The zero-order chi connectivity index (χ0) is 15.6. The second-order valence-electron chi connectivity index (χ2n) is 4.46. The van der Waals surface area contributed by atoms with E-state index in [9.17, 15) is 4.79 Å². The lowest BCUT2D eigenvalue weighted by Gasteiger charge is -2.12. The van der Waals surface area contributed by atoms with Gasteiger partial charge >= 0.3 is 5.97 Å². The predicted octanol–water partition coefficient (Wildman–Crippen LogP) is 4.01. The lowest BCUT2D eigenvalue weighted by Crippen LogP contribution is -2.07. The number of ether oxygens (including phenoxy) is 1. The van der Waals surface area contributed by atoms with Crippen molar-refractivity contribution in [1.29, 1.82) is 0 Å². The highest BCUT2D eigenvalue weighted by atomic mass is 79.9. The molecule has 0 fully saturated rings. The van der Waals surface area contributed by atoms with Gasteiger partial charge < -0.3 is 9.84 Å². The van der Waals surface area contributed by atoms with Crippen molar-refractivity contribution in [2.75, 3.05) is 0 Å². The number of halogens is 2. The van der Waals surface area contributed by atoms with Gasteiger partial charge in [-0.25, -0.2) is 4.79 Å². The molecule has 0 aliphatic rings. The molecule has 21 heavy (non-hydrogen) atoms. The first kappa shape index (κ1) is 16.0. The minimum atomic E-state index is -0.984. The van der Waals surface area contributed by atoms with Crippen LogP contribution < -0.4 is 4.74 Å². The Balaban J connectivity index is 2.22. The monoisotopic (exact) mass is 416 g/mol. The van der Waals surface area contributed by atoms with E-state index in [4.69, 9.17) is 9.84 Å². The molecule has 0 saturated heterocycles. The molecule has 0 bridgehead atoms. The molecule has 0 spiro atoms. The van der Waals surface area contributed by atoms with Gasteiger partial charge in [0.25, 0.3) is 0 Å². The van der Waals surface area contributed by atoms with Gasteiger partial charge in [0.15, 0.2) is 0 Å². The zero-order valence-corrected chi connectivity index (χ0v) is 14.7. The SMILES string of the molecule is CCn1nc(C)cc1COc1c(Br)cc(C(=O)O)cc1Br. The summed E-state index contributed by atoms with van der Waals surface area (Å²) in [5.74, 6) is -0.413. The number of nitrogens with zero attached hydrogens (tertiary/aromatic N) is 2. The first-order chi connectivity index (χ1) is 9.92. The highest BCUT2D eigenvalue weighted by Gasteiger charge is 2.14. The van der Waals surface area contributed by atoms with E-state index >= 15 is 0 Å². The summed E-state index contributed by atoms with van der Waals surface area (Å²) in [4.78, 5) is 11.0. The molecule has 112 valence electrons. The Labute approximate surface area is 139 Å².